The van der Waals surface area contributed by atoms with E-state index in [1.807, 2.05) is 14.1 Å². The monoisotopic (exact) mass is 299 g/mol. The van der Waals surface area contributed by atoms with Crippen molar-refractivity contribution in [3.8, 4) is 0 Å². The van der Waals surface area contributed by atoms with Gasteiger partial charge in [-0.3, -0.25) is 9.69 Å². The zero-order valence-electron chi connectivity index (χ0n) is 13.6. The molecule has 6 nitrogen and oxygen atoms in total. The highest BCUT2D eigenvalue weighted by Crippen LogP contribution is 2.22. The van der Waals surface area contributed by atoms with E-state index in [2.05, 4.69) is 10.2 Å². The number of ether oxygens (including phenoxy) is 2. The van der Waals surface area contributed by atoms with Gasteiger partial charge < -0.3 is 19.7 Å². The molecule has 0 spiro atoms. The lowest BCUT2D eigenvalue weighted by molar-refractivity contribution is -0.130. The molecule has 2 saturated heterocycles. The molecule has 1 unspecified atom stereocenters. The second-order valence-corrected chi connectivity index (χ2v) is 6.41. The topological polar surface area (TPSA) is 54.0 Å². The van der Waals surface area contributed by atoms with Gasteiger partial charge in [0.15, 0.2) is 0 Å². The van der Waals surface area contributed by atoms with Gasteiger partial charge in [0.05, 0.1) is 13.2 Å². The van der Waals surface area contributed by atoms with E-state index in [4.69, 9.17) is 9.47 Å². The molecular formula is C15H29N3O3. The van der Waals surface area contributed by atoms with E-state index in [-0.39, 0.29) is 11.5 Å². The van der Waals surface area contributed by atoms with E-state index < -0.39 is 0 Å². The van der Waals surface area contributed by atoms with E-state index in [0.717, 1.165) is 45.5 Å². The Labute approximate surface area is 127 Å². The van der Waals surface area contributed by atoms with Gasteiger partial charge in [-0.1, -0.05) is 0 Å². The lowest BCUT2D eigenvalue weighted by Crippen LogP contribution is -2.50. The fraction of sp³-hybridized carbons (Fsp3) is 0.933. The van der Waals surface area contributed by atoms with Crippen molar-refractivity contribution >= 4 is 5.91 Å². The minimum Gasteiger partial charge on any atom is -0.378 e. The molecule has 0 aliphatic carbocycles. The van der Waals surface area contributed by atoms with Gasteiger partial charge in [0.1, 0.15) is 5.60 Å². The standard InChI is InChI=1S/C15H29N3O3/c1-17(2)14(19)10-18-7-4-13(5-8-18)16-11-15(20-3)6-9-21-12-15/h13,16H,4-12H2,1-3H3. The van der Waals surface area contributed by atoms with Crippen LogP contribution in [-0.2, 0) is 14.3 Å². The third-order valence-electron chi connectivity index (χ3n) is 4.66. The smallest absolute Gasteiger partial charge is 0.236 e. The molecule has 6 heteroatoms. The number of nitrogens with zero attached hydrogens (tertiary/aromatic N) is 2. The summed E-state index contributed by atoms with van der Waals surface area (Å²) in [5.41, 5.74) is -0.141. The Balaban J connectivity index is 1.68. The van der Waals surface area contributed by atoms with Gasteiger partial charge in [0, 0.05) is 59.9 Å². The maximum absolute atomic E-state index is 11.7. The van der Waals surface area contributed by atoms with Crippen LogP contribution in [0.4, 0.5) is 0 Å². The number of likely N-dealkylation sites (N-methyl/N-ethyl adjacent to an activating group) is 1. The summed E-state index contributed by atoms with van der Waals surface area (Å²) in [6.45, 7) is 4.83. The van der Waals surface area contributed by atoms with Gasteiger partial charge in [-0.2, -0.15) is 0 Å². The van der Waals surface area contributed by atoms with Gasteiger partial charge in [0.2, 0.25) is 5.91 Å². The molecule has 122 valence electrons. The van der Waals surface area contributed by atoms with E-state index in [1.165, 1.54) is 0 Å². The predicted molar refractivity (Wildman–Crippen MR) is 81.3 cm³/mol. The summed E-state index contributed by atoms with van der Waals surface area (Å²) in [5.74, 6) is 0.183. The van der Waals surface area contributed by atoms with Crippen molar-refractivity contribution in [2.24, 2.45) is 0 Å². The number of methoxy groups -OCH3 is 1. The molecule has 2 heterocycles. The van der Waals surface area contributed by atoms with Crippen LogP contribution in [0.3, 0.4) is 0 Å². The number of hydrogen-bond acceptors (Lipinski definition) is 5. The Morgan fingerprint density at radius 3 is 2.67 bits per heavy atom. The highest BCUT2D eigenvalue weighted by molar-refractivity contribution is 5.77. The Kier molecular flexibility index (Phi) is 5.98. The van der Waals surface area contributed by atoms with Crippen LogP contribution in [0.1, 0.15) is 19.3 Å². The van der Waals surface area contributed by atoms with Gasteiger partial charge in [-0.25, -0.2) is 0 Å². The SMILES string of the molecule is COC1(CNC2CCN(CC(=O)N(C)C)CC2)CCOC1. The van der Waals surface area contributed by atoms with Crippen LogP contribution in [0, 0.1) is 0 Å². The van der Waals surface area contributed by atoms with Gasteiger partial charge in [-0.15, -0.1) is 0 Å². The van der Waals surface area contributed by atoms with Crippen molar-refractivity contribution in [1.82, 2.24) is 15.1 Å². The fourth-order valence-corrected chi connectivity index (χ4v) is 2.92. The summed E-state index contributed by atoms with van der Waals surface area (Å²) in [4.78, 5) is 15.6. The number of carbonyl (C=O) groups is 1. The maximum Gasteiger partial charge on any atom is 0.236 e. The molecule has 2 rings (SSSR count). The number of piperidine rings is 1. The average molecular weight is 299 g/mol. The number of nitrogens with one attached hydrogen (secondary N) is 1. The summed E-state index contributed by atoms with van der Waals surface area (Å²) in [5, 5.41) is 3.62. The first-order valence-electron chi connectivity index (χ1n) is 7.83. The molecule has 0 aromatic heterocycles. The van der Waals surface area contributed by atoms with E-state index >= 15 is 0 Å². The van der Waals surface area contributed by atoms with Crippen molar-refractivity contribution in [3.05, 3.63) is 0 Å². The van der Waals surface area contributed by atoms with Gasteiger partial charge in [0.25, 0.3) is 0 Å². The molecule has 2 fully saturated rings. The highest BCUT2D eigenvalue weighted by atomic mass is 16.5. The van der Waals surface area contributed by atoms with Crippen LogP contribution >= 0.6 is 0 Å². The average Bonchev–Trinajstić information content (AvgIpc) is 2.96. The molecule has 0 aromatic carbocycles. The number of likely N-dealkylation sites (tertiary alicyclic amines) is 1. The molecular weight excluding hydrogens is 270 g/mol. The summed E-state index contributed by atoms with van der Waals surface area (Å²) in [7, 11) is 5.39. The summed E-state index contributed by atoms with van der Waals surface area (Å²) < 4.78 is 11.1. The van der Waals surface area contributed by atoms with E-state index in [1.54, 1.807) is 12.0 Å². The third-order valence-corrected chi connectivity index (χ3v) is 4.66. The van der Waals surface area contributed by atoms with Crippen molar-refractivity contribution in [3.63, 3.8) is 0 Å². The molecule has 1 atom stereocenters. The maximum atomic E-state index is 11.7. The Hall–Kier alpha value is -0.690. The van der Waals surface area contributed by atoms with Crippen molar-refractivity contribution in [2.45, 2.75) is 30.9 Å². The molecule has 0 radical (unpaired) electrons. The summed E-state index contributed by atoms with van der Waals surface area (Å²) in [6.07, 6.45) is 3.13. The van der Waals surface area contributed by atoms with Crippen LogP contribution in [0.25, 0.3) is 0 Å². The number of carbonyl (C=O) groups excluding carboxylic acids is 1. The molecule has 0 saturated carbocycles. The van der Waals surface area contributed by atoms with Crippen molar-refractivity contribution in [2.75, 3.05) is 60.6 Å². The summed E-state index contributed by atoms with van der Waals surface area (Å²) >= 11 is 0. The molecule has 2 aliphatic heterocycles. The molecule has 1 amide bonds. The largest absolute Gasteiger partial charge is 0.378 e. The van der Waals surface area contributed by atoms with Gasteiger partial charge in [-0.05, 0) is 12.8 Å². The first kappa shape index (κ1) is 16.7. The van der Waals surface area contributed by atoms with Crippen LogP contribution in [0.15, 0.2) is 0 Å². The molecule has 1 N–H and O–H groups in total. The zero-order valence-corrected chi connectivity index (χ0v) is 13.6. The second-order valence-electron chi connectivity index (χ2n) is 6.41. The first-order chi connectivity index (χ1) is 10.0. The van der Waals surface area contributed by atoms with Crippen LogP contribution in [0.5, 0.6) is 0 Å². The third kappa shape index (κ3) is 4.64. The summed E-state index contributed by atoms with van der Waals surface area (Å²) in [6, 6.07) is 0.517. The Morgan fingerprint density at radius 2 is 2.14 bits per heavy atom. The van der Waals surface area contributed by atoms with E-state index in [9.17, 15) is 4.79 Å². The molecule has 0 bridgehead atoms. The number of hydrogen-bond donors (Lipinski definition) is 1. The Bertz CT molecular complexity index is 335. The second kappa shape index (κ2) is 7.54. The lowest BCUT2D eigenvalue weighted by atomic mass is 10.00. The quantitative estimate of drug-likeness (QED) is 0.744. The van der Waals surface area contributed by atoms with Gasteiger partial charge >= 0.3 is 0 Å². The number of rotatable bonds is 6. The minimum absolute atomic E-state index is 0.141. The molecule has 0 aromatic rings. The van der Waals surface area contributed by atoms with Crippen LogP contribution in [0.2, 0.25) is 0 Å². The lowest BCUT2D eigenvalue weighted by Gasteiger charge is -2.35. The first-order valence-corrected chi connectivity index (χ1v) is 7.83. The van der Waals surface area contributed by atoms with E-state index in [0.29, 0.717) is 19.2 Å². The molecule has 2 aliphatic rings. The molecule has 21 heavy (non-hydrogen) atoms. The normalized spacial score (nSPS) is 28.0. The van der Waals surface area contributed by atoms with Crippen molar-refractivity contribution < 1.29 is 14.3 Å². The van der Waals surface area contributed by atoms with Crippen LogP contribution in [-0.4, -0.2) is 87.9 Å². The minimum atomic E-state index is -0.141. The zero-order chi connectivity index (χ0) is 15.3. The fourth-order valence-electron chi connectivity index (χ4n) is 2.92. The van der Waals surface area contributed by atoms with Crippen molar-refractivity contribution in [1.29, 1.82) is 0 Å². The number of amides is 1. The predicted octanol–water partition coefficient (Wildman–Crippen LogP) is -0.0659. The Morgan fingerprint density at radius 1 is 1.43 bits per heavy atom. The van der Waals surface area contributed by atoms with Crippen LogP contribution < -0.4 is 5.32 Å². The highest BCUT2D eigenvalue weighted by Gasteiger charge is 2.35.